The Morgan fingerprint density at radius 2 is 1.80 bits per heavy atom. The van der Waals surface area contributed by atoms with E-state index in [1.807, 2.05) is 6.07 Å². The quantitative estimate of drug-likeness (QED) is 0.880. The Labute approximate surface area is 148 Å². The Morgan fingerprint density at radius 1 is 1.08 bits per heavy atom. The number of rotatable bonds is 5. The highest BCUT2D eigenvalue weighted by molar-refractivity contribution is 7.89. The second kappa shape index (κ2) is 7.14. The minimum Gasteiger partial charge on any atom is -0.495 e. The maximum Gasteiger partial charge on any atom is 0.244 e. The molecular formula is C19H22FNO3S. The van der Waals surface area contributed by atoms with Gasteiger partial charge in [0.05, 0.1) is 7.11 Å². The van der Waals surface area contributed by atoms with Gasteiger partial charge in [0.25, 0.3) is 0 Å². The molecule has 2 aromatic carbocycles. The first-order valence-electron chi connectivity index (χ1n) is 8.38. The van der Waals surface area contributed by atoms with Crippen LogP contribution in [0.25, 0.3) is 0 Å². The Balaban J connectivity index is 1.87. The fourth-order valence-electron chi connectivity index (χ4n) is 3.25. The van der Waals surface area contributed by atoms with E-state index in [0.29, 0.717) is 0 Å². The van der Waals surface area contributed by atoms with Gasteiger partial charge in [-0.2, -0.15) is 0 Å². The highest BCUT2D eigenvalue weighted by Gasteiger charge is 2.23. The van der Waals surface area contributed by atoms with E-state index in [1.165, 1.54) is 36.8 Å². The summed E-state index contributed by atoms with van der Waals surface area (Å²) in [6.45, 7) is 1.79. The Morgan fingerprint density at radius 3 is 2.52 bits per heavy atom. The summed E-state index contributed by atoms with van der Waals surface area (Å²) in [4.78, 5) is -0.195. The molecule has 6 heteroatoms. The van der Waals surface area contributed by atoms with E-state index in [4.69, 9.17) is 4.74 Å². The molecule has 0 radical (unpaired) electrons. The summed E-state index contributed by atoms with van der Waals surface area (Å²) in [6, 6.07) is 9.14. The SMILES string of the molecule is COc1ccc(F)cc1S(=O)(=O)NC(C)c1ccc2c(c1)CCCC2. The molecule has 1 aliphatic rings. The minimum absolute atomic E-state index is 0.117. The van der Waals surface area contributed by atoms with Crippen LogP contribution in [0.4, 0.5) is 4.39 Å². The zero-order valence-electron chi connectivity index (χ0n) is 14.4. The van der Waals surface area contributed by atoms with Gasteiger partial charge in [-0.05, 0) is 67.5 Å². The topological polar surface area (TPSA) is 55.4 Å². The third-order valence-electron chi connectivity index (χ3n) is 4.62. The van der Waals surface area contributed by atoms with E-state index in [9.17, 15) is 12.8 Å². The summed E-state index contributed by atoms with van der Waals surface area (Å²) in [5, 5.41) is 0. The molecule has 0 aliphatic heterocycles. The second-order valence-electron chi connectivity index (χ2n) is 6.37. The summed E-state index contributed by atoms with van der Waals surface area (Å²) in [5.41, 5.74) is 3.54. The van der Waals surface area contributed by atoms with Gasteiger partial charge >= 0.3 is 0 Å². The second-order valence-corrected chi connectivity index (χ2v) is 8.06. The van der Waals surface area contributed by atoms with Crippen LogP contribution in [-0.4, -0.2) is 15.5 Å². The lowest BCUT2D eigenvalue weighted by atomic mass is 9.89. The maximum atomic E-state index is 13.5. The highest BCUT2D eigenvalue weighted by atomic mass is 32.2. The van der Waals surface area contributed by atoms with Crippen LogP contribution in [0.3, 0.4) is 0 Å². The van der Waals surface area contributed by atoms with Crippen LogP contribution < -0.4 is 9.46 Å². The third kappa shape index (κ3) is 3.85. The van der Waals surface area contributed by atoms with E-state index in [2.05, 4.69) is 16.9 Å². The van der Waals surface area contributed by atoms with Gasteiger partial charge in [-0.25, -0.2) is 17.5 Å². The van der Waals surface area contributed by atoms with Crippen LogP contribution in [0.15, 0.2) is 41.3 Å². The lowest BCUT2D eigenvalue weighted by Crippen LogP contribution is -2.27. The Hall–Kier alpha value is -1.92. The molecule has 134 valence electrons. The van der Waals surface area contributed by atoms with Crippen molar-refractivity contribution in [3.8, 4) is 5.75 Å². The van der Waals surface area contributed by atoms with Crippen LogP contribution in [-0.2, 0) is 22.9 Å². The molecular weight excluding hydrogens is 341 g/mol. The predicted molar refractivity (Wildman–Crippen MR) is 94.8 cm³/mol. The lowest BCUT2D eigenvalue weighted by molar-refractivity contribution is 0.400. The van der Waals surface area contributed by atoms with Crippen LogP contribution in [0.1, 0.15) is 42.5 Å². The van der Waals surface area contributed by atoms with Gasteiger partial charge < -0.3 is 4.74 Å². The average Bonchev–Trinajstić information content (AvgIpc) is 2.61. The van der Waals surface area contributed by atoms with Crippen LogP contribution >= 0.6 is 0 Å². The van der Waals surface area contributed by atoms with E-state index >= 15 is 0 Å². The standard InChI is InChI=1S/C19H22FNO3S/c1-13(15-8-7-14-5-3-4-6-16(14)11-15)21-25(22,23)19-12-17(20)9-10-18(19)24-2/h7-13,21H,3-6H2,1-2H3. The number of benzene rings is 2. The van der Waals surface area contributed by atoms with Crippen LogP contribution in [0, 0.1) is 5.82 Å². The number of fused-ring (bicyclic) bond motifs is 1. The first-order valence-corrected chi connectivity index (χ1v) is 9.86. The molecule has 0 saturated carbocycles. The summed E-state index contributed by atoms with van der Waals surface area (Å²) in [5.74, 6) is -0.505. The molecule has 1 unspecified atom stereocenters. The number of sulfonamides is 1. The number of hydrogen-bond acceptors (Lipinski definition) is 3. The fraction of sp³-hybridized carbons (Fsp3) is 0.368. The molecule has 4 nitrogen and oxygen atoms in total. The summed E-state index contributed by atoms with van der Waals surface area (Å²) in [7, 11) is -2.55. The number of aryl methyl sites for hydroxylation is 2. The van der Waals surface area contributed by atoms with E-state index in [1.54, 1.807) is 6.92 Å². The summed E-state index contributed by atoms with van der Waals surface area (Å²) in [6.07, 6.45) is 4.47. The van der Waals surface area contributed by atoms with E-state index < -0.39 is 21.9 Å². The monoisotopic (exact) mass is 363 g/mol. The maximum absolute atomic E-state index is 13.5. The number of halogens is 1. The van der Waals surface area contributed by atoms with Crippen molar-refractivity contribution in [1.82, 2.24) is 4.72 Å². The smallest absolute Gasteiger partial charge is 0.244 e. The van der Waals surface area contributed by atoms with Crippen molar-refractivity contribution >= 4 is 10.0 Å². The average molecular weight is 363 g/mol. The molecule has 1 atom stereocenters. The predicted octanol–water partition coefficient (Wildman–Crippen LogP) is 3.75. The molecule has 1 N–H and O–H groups in total. The molecule has 3 rings (SSSR count). The molecule has 0 aromatic heterocycles. The molecule has 25 heavy (non-hydrogen) atoms. The Kier molecular flexibility index (Phi) is 5.11. The van der Waals surface area contributed by atoms with Gasteiger partial charge in [0.1, 0.15) is 16.5 Å². The summed E-state index contributed by atoms with van der Waals surface area (Å²) < 4.78 is 46.6. The van der Waals surface area contributed by atoms with Gasteiger partial charge in [-0.3, -0.25) is 0 Å². The van der Waals surface area contributed by atoms with Crippen molar-refractivity contribution in [3.63, 3.8) is 0 Å². The van der Waals surface area contributed by atoms with Crippen molar-refractivity contribution in [1.29, 1.82) is 0 Å². The van der Waals surface area contributed by atoms with Gasteiger partial charge in [-0.1, -0.05) is 18.2 Å². The van der Waals surface area contributed by atoms with Crippen molar-refractivity contribution in [2.24, 2.45) is 0 Å². The number of methoxy groups -OCH3 is 1. The van der Waals surface area contributed by atoms with Gasteiger partial charge in [0.2, 0.25) is 10.0 Å². The normalized spacial score (nSPS) is 15.5. The number of ether oxygens (including phenoxy) is 1. The van der Waals surface area contributed by atoms with Gasteiger partial charge in [0, 0.05) is 6.04 Å². The Bertz CT molecular complexity index is 880. The van der Waals surface area contributed by atoms with Gasteiger partial charge in [-0.15, -0.1) is 0 Å². The molecule has 0 spiro atoms. The third-order valence-corrected chi connectivity index (χ3v) is 6.18. The lowest BCUT2D eigenvalue weighted by Gasteiger charge is -2.20. The molecule has 0 heterocycles. The molecule has 0 amide bonds. The highest BCUT2D eigenvalue weighted by Crippen LogP contribution is 2.28. The number of nitrogens with one attached hydrogen (secondary N) is 1. The fourth-order valence-corrected chi connectivity index (χ4v) is 4.66. The largest absolute Gasteiger partial charge is 0.495 e. The van der Waals surface area contributed by atoms with E-state index in [-0.39, 0.29) is 10.6 Å². The van der Waals surface area contributed by atoms with Crippen molar-refractivity contribution in [2.75, 3.05) is 7.11 Å². The zero-order chi connectivity index (χ0) is 18.0. The summed E-state index contributed by atoms with van der Waals surface area (Å²) >= 11 is 0. The molecule has 1 aliphatic carbocycles. The van der Waals surface area contributed by atoms with Crippen LogP contribution in [0.2, 0.25) is 0 Å². The van der Waals surface area contributed by atoms with Crippen molar-refractivity contribution in [2.45, 2.75) is 43.5 Å². The zero-order valence-corrected chi connectivity index (χ0v) is 15.2. The van der Waals surface area contributed by atoms with E-state index in [0.717, 1.165) is 30.9 Å². The van der Waals surface area contributed by atoms with Crippen LogP contribution in [0.5, 0.6) is 5.75 Å². The molecule has 0 fully saturated rings. The first-order chi connectivity index (χ1) is 11.9. The minimum atomic E-state index is -3.91. The molecule has 0 bridgehead atoms. The number of hydrogen-bond donors (Lipinski definition) is 1. The first kappa shape index (κ1) is 17.9. The molecule has 0 saturated heterocycles. The van der Waals surface area contributed by atoms with Gasteiger partial charge in [0.15, 0.2) is 0 Å². The molecule has 2 aromatic rings. The van der Waals surface area contributed by atoms with Crippen molar-refractivity contribution < 1.29 is 17.5 Å². The van der Waals surface area contributed by atoms with Crippen molar-refractivity contribution in [3.05, 3.63) is 58.9 Å².